The maximum atomic E-state index is 6.17. The van der Waals surface area contributed by atoms with Crippen LogP contribution >= 0.6 is 46.1 Å². The van der Waals surface area contributed by atoms with Crippen LogP contribution in [0.15, 0.2) is 77.2 Å². The molecule has 0 radical (unpaired) electrons. The third kappa shape index (κ3) is 5.99. The van der Waals surface area contributed by atoms with Gasteiger partial charge in [-0.25, -0.2) is 4.98 Å². The number of rotatable bonds is 7. The Morgan fingerprint density at radius 1 is 0.935 bits per heavy atom. The quantitative estimate of drug-likeness (QED) is 0.213. The molecule has 0 aliphatic heterocycles. The fraction of sp³-hybridized carbons (Fsp3) is 0.0435. The molecule has 0 saturated heterocycles. The third-order valence-corrected chi connectivity index (χ3v) is 5.89. The van der Waals surface area contributed by atoms with E-state index in [-0.39, 0.29) is 0 Å². The number of benzene rings is 3. The monoisotopic (exact) mass is 487 g/mol. The normalized spacial score (nSPS) is 11.1. The van der Waals surface area contributed by atoms with Gasteiger partial charge >= 0.3 is 0 Å². The molecule has 0 spiro atoms. The van der Waals surface area contributed by atoms with Gasteiger partial charge < -0.3 is 4.74 Å². The molecule has 4 rings (SSSR count). The van der Waals surface area contributed by atoms with E-state index in [0.29, 0.717) is 26.8 Å². The average Bonchev–Trinajstić information content (AvgIpc) is 3.23. The van der Waals surface area contributed by atoms with Gasteiger partial charge in [0.2, 0.25) is 5.13 Å². The molecule has 4 nitrogen and oxygen atoms in total. The molecule has 4 aromatic rings. The van der Waals surface area contributed by atoms with Crippen molar-refractivity contribution < 1.29 is 4.74 Å². The van der Waals surface area contributed by atoms with Crippen LogP contribution in [0.1, 0.15) is 11.1 Å². The highest BCUT2D eigenvalue weighted by atomic mass is 35.5. The summed E-state index contributed by atoms with van der Waals surface area (Å²) in [5.74, 6) is 0.739. The molecule has 1 heterocycles. The first kappa shape index (κ1) is 21.7. The largest absolute Gasteiger partial charge is 0.489 e. The van der Waals surface area contributed by atoms with Crippen LogP contribution in [-0.4, -0.2) is 11.2 Å². The summed E-state index contributed by atoms with van der Waals surface area (Å²) in [6.45, 7) is 0.366. The number of anilines is 1. The first-order valence-electron chi connectivity index (χ1n) is 9.24. The molecule has 0 bridgehead atoms. The summed E-state index contributed by atoms with van der Waals surface area (Å²) in [4.78, 5) is 4.53. The van der Waals surface area contributed by atoms with Crippen LogP contribution in [-0.2, 0) is 6.61 Å². The van der Waals surface area contributed by atoms with Crippen LogP contribution in [0.5, 0.6) is 5.75 Å². The number of ether oxygens (including phenoxy) is 1. The van der Waals surface area contributed by atoms with Gasteiger partial charge in [-0.05, 0) is 54.1 Å². The lowest BCUT2D eigenvalue weighted by atomic mass is 10.2. The van der Waals surface area contributed by atoms with Crippen molar-refractivity contribution >= 4 is 57.5 Å². The second kappa shape index (κ2) is 10.2. The smallest absolute Gasteiger partial charge is 0.203 e. The predicted molar refractivity (Wildman–Crippen MR) is 131 cm³/mol. The van der Waals surface area contributed by atoms with Crippen LogP contribution in [0.25, 0.3) is 11.3 Å². The number of aromatic nitrogens is 1. The van der Waals surface area contributed by atoms with E-state index in [1.807, 2.05) is 60.0 Å². The van der Waals surface area contributed by atoms with E-state index in [9.17, 15) is 0 Å². The summed E-state index contributed by atoms with van der Waals surface area (Å²) in [6.07, 6.45) is 1.73. The van der Waals surface area contributed by atoms with Crippen LogP contribution in [0, 0.1) is 0 Å². The lowest BCUT2D eigenvalue weighted by Crippen LogP contribution is -1.96. The second-order valence-electron chi connectivity index (χ2n) is 6.51. The molecular formula is C23H16Cl3N3OS. The number of hydrogen-bond acceptors (Lipinski definition) is 5. The van der Waals surface area contributed by atoms with E-state index >= 15 is 0 Å². The summed E-state index contributed by atoms with van der Waals surface area (Å²) in [6, 6.07) is 20.5. The first-order chi connectivity index (χ1) is 15.1. The van der Waals surface area contributed by atoms with Crippen LogP contribution in [0.4, 0.5) is 5.13 Å². The zero-order valence-electron chi connectivity index (χ0n) is 16.1. The van der Waals surface area contributed by atoms with Gasteiger partial charge in [0.1, 0.15) is 12.4 Å². The molecule has 0 unspecified atom stereocenters. The summed E-state index contributed by atoms with van der Waals surface area (Å²) in [5, 5.41) is 8.83. The maximum Gasteiger partial charge on any atom is 0.203 e. The van der Waals surface area contributed by atoms with Crippen molar-refractivity contribution in [3.8, 4) is 17.0 Å². The SMILES string of the molecule is Clc1ccc(-c2csc(N/N=C\c3ccc(OCc4ccc(Cl)cc4Cl)cc3)n2)cc1. The standard InChI is InChI=1S/C23H16Cl3N3OS/c24-18-6-3-16(4-7-18)22-14-31-23(28-22)29-27-12-15-1-9-20(10-2-15)30-13-17-5-8-19(25)11-21(17)26/h1-12,14H,13H2,(H,28,29)/b27-12-. The van der Waals surface area contributed by atoms with Gasteiger partial charge in [0.15, 0.2) is 0 Å². The zero-order chi connectivity index (χ0) is 21.6. The third-order valence-electron chi connectivity index (χ3n) is 4.31. The van der Waals surface area contributed by atoms with E-state index in [1.54, 1.807) is 18.3 Å². The Morgan fingerprint density at radius 3 is 2.42 bits per heavy atom. The van der Waals surface area contributed by atoms with Crippen LogP contribution < -0.4 is 10.2 Å². The number of thiazole rings is 1. The van der Waals surface area contributed by atoms with Gasteiger partial charge in [-0.3, -0.25) is 5.43 Å². The van der Waals surface area contributed by atoms with E-state index < -0.39 is 0 Å². The molecule has 3 aromatic carbocycles. The molecule has 1 aromatic heterocycles. The van der Waals surface area contributed by atoms with Crippen LogP contribution in [0.2, 0.25) is 15.1 Å². The minimum absolute atomic E-state index is 0.366. The van der Waals surface area contributed by atoms with Gasteiger partial charge in [-0.2, -0.15) is 5.10 Å². The number of hydrazone groups is 1. The van der Waals surface area contributed by atoms with Crippen LogP contribution in [0.3, 0.4) is 0 Å². The molecule has 0 fully saturated rings. The summed E-state index contributed by atoms with van der Waals surface area (Å²) in [7, 11) is 0. The molecule has 1 N–H and O–H groups in total. The first-order valence-corrected chi connectivity index (χ1v) is 11.3. The number of nitrogens with one attached hydrogen (secondary N) is 1. The molecule has 0 aliphatic carbocycles. The lowest BCUT2D eigenvalue weighted by Gasteiger charge is -2.08. The molecule has 0 amide bonds. The van der Waals surface area contributed by atoms with Gasteiger partial charge in [0, 0.05) is 31.6 Å². The van der Waals surface area contributed by atoms with Gasteiger partial charge in [-0.15, -0.1) is 11.3 Å². The highest BCUT2D eigenvalue weighted by Crippen LogP contribution is 2.26. The fourth-order valence-corrected chi connectivity index (χ4v) is 3.95. The molecule has 0 aliphatic rings. The minimum atomic E-state index is 0.366. The van der Waals surface area contributed by atoms with E-state index in [1.165, 1.54) is 11.3 Å². The predicted octanol–water partition coefficient (Wildman–Crippen LogP) is 7.80. The van der Waals surface area contributed by atoms with Crippen molar-refractivity contribution in [3.05, 3.63) is 98.3 Å². The zero-order valence-corrected chi connectivity index (χ0v) is 19.1. The Bertz CT molecular complexity index is 1190. The van der Waals surface area contributed by atoms with Gasteiger partial charge in [0.05, 0.1) is 11.9 Å². The van der Waals surface area contributed by atoms with Crippen molar-refractivity contribution in [1.82, 2.24) is 4.98 Å². The number of nitrogens with zero attached hydrogens (tertiary/aromatic N) is 2. The Morgan fingerprint density at radius 2 is 1.68 bits per heavy atom. The second-order valence-corrected chi connectivity index (χ2v) is 8.65. The Hall–Kier alpha value is -2.57. The van der Waals surface area contributed by atoms with Crippen molar-refractivity contribution in [2.75, 3.05) is 5.43 Å². The van der Waals surface area contributed by atoms with E-state index in [0.717, 1.165) is 28.1 Å². The summed E-state index contributed by atoms with van der Waals surface area (Å²) >= 11 is 19.5. The van der Waals surface area contributed by atoms with Crippen molar-refractivity contribution in [3.63, 3.8) is 0 Å². The van der Waals surface area contributed by atoms with Crippen molar-refractivity contribution in [2.24, 2.45) is 5.10 Å². The van der Waals surface area contributed by atoms with Gasteiger partial charge in [0.25, 0.3) is 0 Å². The molecule has 156 valence electrons. The minimum Gasteiger partial charge on any atom is -0.489 e. The highest BCUT2D eigenvalue weighted by Gasteiger charge is 2.04. The van der Waals surface area contributed by atoms with E-state index in [4.69, 9.17) is 39.5 Å². The Kier molecular flexibility index (Phi) is 7.10. The Balaban J connectivity index is 1.31. The molecule has 0 atom stereocenters. The van der Waals surface area contributed by atoms with Gasteiger partial charge in [-0.1, -0.05) is 53.0 Å². The summed E-state index contributed by atoms with van der Waals surface area (Å²) < 4.78 is 5.79. The highest BCUT2D eigenvalue weighted by molar-refractivity contribution is 7.14. The topological polar surface area (TPSA) is 46.5 Å². The maximum absolute atomic E-state index is 6.17. The molecule has 0 saturated carbocycles. The Labute approximate surface area is 199 Å². The molecular weight excluding hydrogens is 473 g/mol. The van der Waals surface area contributed by atoms with Crippen molar-refractivity contribution in [1.29, 1.82) is 0 Å². The number of hydrogen-bond donors (Lipinski definition) is 1. The lowest BCUT2D eigenvalue weighted by molar-refractivity contribution is 0.306. The average molecular weight is 489 g/mol. The van der Waals surface area contributed by atoms with E-state index in [2.05, 4.69) is 15.5 Å². The molecule has 8 heteroatoms. The fourth-order valence-electron chi connectivity index (χ4n) is 2.69. The number of halogens is 3. The summed E-state index contributed by atoms with van der Waals surface area (Å²) in [5.41, 5.74) is 6.65. The van der Waals surface area contributed by atoms with Crippen molar-refractivity contribution in [2.45, 2.75) is 6.61 Å². The molecule has 31 heavy (non-hydrogen) atoms.